The number of urea groups is 1. The third kappa shape index (κ3) is 1.60. The summed E-state index contributed by atoms with van der Waals surface area (Å²) in [6.07, 6.45) is 0.916. The number of hydrogen-bond donors (Lipinski definition) is 2. The number of nitrogens with two attached hydrogens (primary N) is 1. The van der Waals surface area contributed by atoms with Crippen LogP contribution in [0.5, 0.6) is 0 Å². The second-order valence-electron chi connectivity index (χ2n) is 2.85. The highest BCUT2D eigenvalue weighted by atomic mass is 16.2. The van der Waals surface area contributed by atoms with E-state index in [2.05, 4.69) is 5.32 Å². The van der Waals surface area contributed by atoms with Gasteiger partial charge in [-0.15, -0.1) is 0 Å². The van der Waals surface area contributed by atoms with Gasteiger partial charge in [0.15, 0.2) is 0 Å². The van der Waals surface area contributed by atoms with Crippen LogP contribution >= 0.6 is 0 Å². The van der Waals surface area contributed by atoms with Crippen LogP contribution in [0.1, 0.15) is 6.42 Å². The van der Waals surface area contributed by atoms with Crippen molar-refractivity contribution in [1.29, 1.82) is 0 Å². The van der Waals surface area contributed by atoms with Crippen LogP contribution in [-0.2, 0) is 0 Å². The van der Waals surface area contributed by atoms with Gasteiger partial charge in [-0.2, -0.15) is 0 Å². The Morgan fingerprint density at radius 3 is 2.50 bits per heavy atom. The monoisotopic (exact) mass is 143 g/mol. The molecule has 1 fully saturated rings. The summed E-state index contributed by atoms with van der Waals surface area (Å²) in [6, 6.07) is 0.344. The molecule has 2 amide bonds. The van der Waals surface area contributed by atoms with Gasteiger partial charge >= 0.3 is 6.03 Å². The summed E-state index contributed by atoms with van der Waals surface area (Å²) < 4.78 is 0. The fraction of sp³-hybridized carbons (Fsp3) is 0.833. The van der Waals surface area contributed by atoms with Gasteiger partial charge in [0, 0.05) is 26.2 Å². The number of nitrogens with zero attached hydrogens (tertiary/aromatic N) is 1. The van der Waals surface area contributed by atoms with Gasteiger partial charge in [0.05, 0.1) is 0 Å². The van der Waals surface area contributed by atoms with Gasteiger partial charge in [0.1, 0.15) is 0 Å². The molecule has 4 nitrogen and oxygen atoms in total. The summed E-state index contributed by atoms with van der Waals surface area (Å²) in [5.74, 6) is 0. The zero-order chi connectivity index (χ0) is 7.72. The summed E-state index contributed by atoms with van der Waals surface area (Å²) >= 11 is 0. The minimum atomic E-state index is -0.0575. The van der Waals surface area contributed by atoms with Gasteiger partial charge in [-0.3, -0.25) is 0 Å². The molecule has 0 bridgehead atoms. The van der Waals surface area contributed by atoms with E-state index in [-0.39, 0.29) is 18.1 Å². The van der Waals surface area contributed by atoms with Crippen LogP contribution in [0.3, 0.4) is 0 Å². The van der Waals surface area contributed by atoms with Gasteiger partial charge in [0.25, 0.3) is 0 Å². The van der Waals surface area contributed by atoms with Crippen molar-refractivity contribution in [2.45, 2.75) is 18.5 Å². The van der Waals surface area contributed by atoms with Crippen LogP contribution in [0.2, 0.25) is 0 Å². The number of nitrogens with one attached hydrogen (secondary N) is 1. The largest absolute Gasteiger partial charge is 0.334 e. The average Bonchev–Trinajstić information content (AvgIpc) is 2.46. The highest BCUT2D eigenvalue weighted by molar-refractivity contribution is 5.74. The Balaban J connectivity index is 2.20. The summed E-state index contributed by atoms with van der Waals surface area (Å²) in [5.41, 5.74) is 5.48. The maximum absolute atomic E-state index is 10.9. The molecule has 0 aliphatic heterocycles. The van der Waals surface area contributed by atoms with Gasteiger partial charge in [-0.05, 0) is 6.42 Å². The molecule has 1 aliphatic carbocycles. The second-order valence-corrected chi connectivity index (χ2v) is 2.85. The smallest absolute Gasteiger partial charge is 0.317 e. The summed E-state index contributed by atoms with van der Waals surface area (Å²) in [6.45, 7) is 0. The molecule has 1 aliphatic rings. The Labute approximate surface area is 60.4 Å². The van der Waals surface area contributed by atoms with Crippen LogP contribution in [-0.4, -0.2) is 37.1 Å². The molecule has 2 atom stereocenters. The van der Waals surface area contributed by atoms with E-state index in [0.29, 0.717) is 0 Å². The van der Waals surface area contributed by atoms with E-state index in [1.165, 1.54) is 4.90 Å². The Bertz CT molecular complexity index is 146. The topological polar surface area (TPSA) is 58.4 Å². The standard InChI is InChI=1S/C6H13N3O/c1-9(2)6(10)8-5-3-4(5)7/h4-5H,3,7H2,1-2H3,(H,8,10). The van der Waals surface area contributed by atoms with Crippen molar-refractivity contribution in [1.82, 2.24) is 10.2 Å². The summed E-state index contributed by atoms with van der Waals surface area (Å²) in [4.78, 5) is 12.4. The van der Waals surface area contributed by atoms with E-state index in [4.69, 9.17) is 5.73 Å². The lowest BCUT2D eigenvalue weighted by Crippen LogP contribution is -2.37. The molecule has 1 rings (SSSR count). The Kier molecular flexibility index (Phi) is 1.80. The molecule has 10 heavy (non-hydrogen) atoms. The summed E-state index contributed by atoms with van der Waals surface area (Å²) in [5, 5.41) is 2.77. The molecule has 4 heteroatoms. The molecule has 2 unspecified atom stereocenters. The second kappa shape index (κ2) is 2.46. The van der Waals surface area contributed by atoms with Gasteiger partial charge in [-0.25, -0.2) is 4.79 Å². The minimum Gasteiger partial charge on any atom is -0.334 e. The molecule has 0 aromatic heterocycles. The number of carbonyl (C=O) groups is 1. The molecule has 0 heterocycles. The molecule has 3 N–H and O–H groups in total. The van der Waals surface area contributed by atoms with E-state index >= 15 is 0 Å². The third-order valence-electron chi connectivity index (χ3n) is 1.55. The lowest BCUT2D eigenvalue weighted by Gasteiger charge is -2.10. The van der Waals surface area contributed by atoms with E-state index < -0.39 is 0 Å². The van der Waals surface area contributed by atoms with Crippen LogP contribution in [0.4, 0.5) is 4.79 Å². The highest BCUT2D eigenvalue weighted by Gasteiger charge is 2.34. The van der Waals surface area contributed by atoms with Crippen molar-refractivity contribution in [3.05, 3.63) is 0 Å². The fourth-order valence-corrected chi connectivity index (χ4v) is 0.668. The molecule has 0 saturated heterocycles. The minimum absolute atomic E-state index is 0.0575. The lowest BCUT2D eigenvalue weighted by atomic mass is 10.6. The van der Waals surface area contributed by atoms with Crippen molar-refractivity contribution < 1.29 is 4.79 Å². The first-order chi connectivity index (χ1) is 4.61. The van der Waals surface area contributed by atoms with Crippen molar-refractivity contribution in [3.8, 4) is 0 Å². The fourth-order valence-electron chi connectivity index (χ4n) is 0.668. The maximum Gasteiger partial charge on any atom is 0.317 e. The molecule has 0 radical (unpaired) electrons. The van der Waals surface area contributed by atoms with Crippen molar-refractivity contribution >= 4 is 6.03 Å². The zero-order valence-corrected chi connectivity index (χ0v) is 6.29. The van der Waals surface area contributed by atoms with Crippen molar-refractivity contribution in [3.63, 3.8) is 0 Å². The van der Waals surface area contributed by atoms with Crippen LogP contribution < -0.4 is 11.1 Å². The third-order valence-corrected chi connectivity index (χ3v) is 1.55. The number of amides is 2. The van der Waals surface area contributed by atoms with Gasteiger partial charge in [-0.1, -0.05) is 0 Å². The number of rotatable bonds is 1. The van der Waals surface area contributed by atoms with E-state index in [1.807, 2.05) is 0 Å². The highest BCUT2D eigenvalue weighted by Crippen LogP contribution is 2.17. The maximum atomic E-state index is 10.9. The normalized spacial score (nSPS) is 29.5. The molecular formula is C6H13N3O. The van der Waals surface area contributed by atoms with E-state index in [1.54, 1.807) is 14.1 Å². The Morgan fingerprint density at radius 1 is 1.70 bits per heavy atom. The first-order valence-corrected chi connectivity index (χ1v) is 3.34. The molecule has 0 spiro atoms. The van der Waals surface area contributed by atoms with Crippen LogP contribution in [0.25, 0.3) is 0 Å². The SMILES string of the molecule is CN(C)C(=O)NC1CC1N. The van der Waals surface area contributed by atoms with Gasteiger partial charge < -0.3 is 16.0 Å². The number of hydrogen-bond acceptors (Lipinski definition) is 2. The molecule has 0 aromatic rings. The molecule has 58 valence electrons. The van der Waals surface area contributed by atoms with Crippen LogP contribution in [0.15, 0.2) is 0 Å². The van der Waals surface area contributed by atoms with E-state index in [9.17, 15) is 4.79 Å². The molecular weight excluding hydrogens is 130 g/mol. The van der Waals surface area contributed by atoms with E-state index in [0.717, 1.165) is 6.42 Å². The Morgan fingerprint density at radius 2 is 2.20 bits per heavy atom. The van der Waals surface area contributed by atoms with Gasteiger partial charge in [0.2, 0.25) is 0 Å². The zero-order valence-electron chi connectivity index (χ0n) is 6.29. The van der Waals surface area contributed by atoms with Crippen molar-refractivity contribution in [2.24, 2.45) is 5.73 Å². The predicted molar refractivity (Wildman–Crippen MR) is 38.6 cm³/mol. The molecule has 0 aromatic carbocycles. The van der Waals surface area contributed by atoms with Crippen LogP contribution in [0, 0.1) is 0 Å². The first kappa shape index (κ1) is 7.34. The Hall–Kier alpha value is -0.770. The summed E-state index contributed by atoms with van der Waals surface area (Å²) in [7, 11) is 3.42. The average molecular weight is 143 g/mol. The van der Waals surface area contributed by atoms with Crippen molar-refractivity contribution in [2.75, 3.05) is 14.1 Å². The predicted octanol–water partition coefficient (Wildman–Crippen LogP) is -0.643. The molecule has 1 saturated carbocycles. The first-order valence-electron chi connectivity index (χ1n) is 3.34. The quantitative estimate of drug-likeness (QED) is 0.513. The number of carbonyl (C=O) groups excluding carboxylic acids is 1. The lowest BCUT2D eigenvalue weighted by molar-refractivity contribution is 0.217.